The van der Waals surface area contributed by atoms with E-state index < -0.39 is 0 Å². The second-order valence-electron chi connectivity index (χ2n) is 5.15. The molecule has 1 atom stereocenters. The van der Waals surface area contributed by atoms with Gasteiger partial charge in [0.05, 0.1) is 0 Å². The Morgan fingerprint density at radius 3 is 2.11 bits per heavy atom. The van der Waals surface area contributed by atoms with Crippen LogP contribution in [-0.4, -0.2) is 0 Å². The summed E-state index contributed by atoms with van der Waals surface area (Å²) < 4.78 is 5.93. The SMILES string of the molecule is CC(C)c1ccc(Oc2ccccc2C(C)N)cc1. The molecule has 0 aliphatic carbocycles. The van der Waals surface area contributed by atoms with Gasteiger partial charge in [0.25, 0.3) is 0 Å². The molecule has 0 aliphatic heterocycles. The first kappa shape index (κ1) is 13.6. The Hall–Kier alpha value is -1.80. The quantitative estimate of drug-likeness (QED) is 0.865. The van der Waals surface area contributed by atoms with E-state index in [-0.39, 0.29) is 6.04 Å². The number of ether oxygens (including phenoxy) is 1. The molecule has 1 unspecified atom stereocenters. The van der Waals surface area contributed by atoms with Crippen LogP contribution >= 0.6 is 0 Å². The molecule has 2 aromatic carbocycles. The van der Waals surface area contributed by atoms with Crippen LogP contribution < -0.4 is 10.5 Å². The lowest BCUT2D eigenvalue weighted by atomic mass is 10.0. The molecule has 2 N–H and O–H groups in total. The molecule has 19 heavy (non-hydrogen) atoms. The van der Waals surface area contributed by atoms with Crippen LogP contribution in [0, 0.1) is 0 Å². The van der Waals surface area contributed by atoms with E-state index in [4.69, 9.17) is 10.5 Å². The lowest BCUT2D eigenvalue weighted by Gasteiger charge is -2.14. The molecule has 2 nitrogen and oxygen atoms in total. The molecule has 2 rings (SSSR count). The Morgan fingerprint density at radius 1 is 0.895 bits per heavy atom. The van der Waals surface area contributed by atoms with Crippen molar-refractivity contribution in [2.75, 3.05) is 0 Å². The van der Waals surface area contributed by atoms with E-state index in [0.717, 1.165) is 17.1 Å². The zero-order chi connectivity index (χ0) is 13.8. The van der Waals surface area contributed by atoms with Crippen molar-refractivity contribution in [2.45, 2.75) is 32.7 Å². The van der Waals surface area contributed by atoms with E-state index in [9.17, 15) is 0 Å². The Kier molecular flexibility index (Phi) is 4.23. The lowest BCUT2D eigenvalue weighted by molar-refractivity contribution is 0.472. The van der Waals surface area contributed by atoms with Crippen LogP contribution in [0.4, 0.5) is 0 Å². The predicted molar refractivity (Wildman–Crippen MR) is 79.6 cm³/mol. The average Bonchev–Trinajstić information content (AvgIpc) is 2.39. The van der Waals surface area contributed by atoms with Gasteiger partial charge in [-0.15, -0.1) is 0 Å². The summed E-state index contributed by atoms with van der Waals surface area (Å²) in [6, 6.07) is 16.1. The number of para-hydroxylation sites is 1. The first-order valence-electron chi connectivity index (χ1n) is 6.70. The molecular weight excluding hydrogens is 234 g/mol. The van der Waals surface area contributed by atoms with E-state index in [0.29, 0.717) is 5.92 Å². The number of hydrogen-bond acceptors (Lipinski definition) is 2. The van der Waals surface area contributed by atoms with Crippen molar-refractivity contribution >= 4 is 0 Å². The minimum Gasteiger partial charge on any atom is -0.457 e. The van der Waals surface area contributed by atoms with Crippen molar-refractivity contribution in [3.8, 4) is 11.5 Å². The topological polar surface area (TPSA) is 35.2 Å². The van der Waals surface area contributed by atoms with Gasteiger partial charge >= 0.3 is 0 Å². The van der Waals surface area contributed by atoms with Gasteiger partial charge < -0.3 is 10.5 Å². The summed E-state index contributed by atoms with van der Waals surface area (Å²) in [7, 11) is 0. The molecule has 0 aliphatic rings. The molecular formula is C17H21NO. The molecule has 0 amide bonds. The van der Waals surface area contributed by atoms with Crippen molar-refractivity contribution in [2.24, 2.45) is 5.73 Å². The van der Waals surface area contributed by atoms with Crippen LogP contribution in [-0.2, 0) is 0 Å². The maximum absolute atomic E-state index is 5.95. The largest absolute Gasteiger partial charge is 0.457 e. The molecule has 100 valence electrons. The third-order valence-electron chi connectivity index (χ3n) is 3.18. The number of hydrogen-bond donors (Lipinski definition) is 1. The highest BCUT2D eigenvalue weighted by Gasteiger charge is 2.08. The van der Waals surface area contributed by atoms with Crippen LogP contribution in [0.3, 0.4) is 0 Å². The van der Waals surface area contributed by atoms with E-state index in [1.54, 1.807) is 0 Å². The number of benzene rings is 2. The number of rotatable bonds is 4. The predicted octanol–water partition coefficient (Wildman–Crippen LogP) is 4.62. The zero-order valence-corrected chi connectivity index (χ0v) is 11.8. The van der Waals surface area contributed by atoms with Gasteiger partial charge in [0.1, 0.15) is 11.5 Å². The normalized spacial score (nSPS) is 12.5. The Labute approximate surface area is 115 Å². The third kappa shape index (κ3) is 3.36. The average molecular weight is 255 g/mol. The van der Waals surface area contributed by atoms with Crippen LogP contribution in [0.2, 0.25) is 0 Å². The van der Waals surface area contributed by atoms with Crippen molar-refractivity contribution < 1.29 is 4.74 Å². The monoisotopic (exact) mass is 255 g/mol. The van der Waals surface area contributed by atoms with Gasteiger partial charge in [-0.25, -0.2) is 0 Å². The molecule has 2 heteroatoms. The van der Waals surface area contributed by atoms with Crippen LogP contribution in [0.15, 0.2) is 48.5 Å². The van der Waals surface area contributed by atoms with Gasteiger partial charge in [0, 0.05) is 11.6 Å². The van der Waals surface area contributed by atoms with Crippen LogP contribution in [0.1, 0.15) is 43.9 Å². The Bertz CT molecular complexity index is 529. The van der Waals surface area contributed by atoms with Gasteiger partial charge in [-0.3, -0.25) is 0 Å². The summed E-state index contributed by atoms with van der Waals surface area (Å²) in [5.74, 6) is 2.21. The van der Waals surface area contributed by atoms with E-state index in [1.165, 1.54) is 5.56 Å². The van der Waals surface area contributed by atoms with Crippen molar-refractivity contribution in [3.63, 3.8) is 0 Å². The highest BCUT2D eigenvalue weighted by atomic mass is 16.5. The molecule has 2 aromatic rings. The summed E-state index contributed by atoms with van der Waals surface area (Å²) >= 11 is 0. The van der Waals surface area contributed by atoms with E-state index in [2.05, 4.69) is 26.0 Å². The fourth-order valence-corrected chi connectivity index (χ4v) is 2.00. The van der Waals surface area contributed by atoms with Crippen molar-refractivity contribution in [1.82, 2.24) is 0 Å². The fraction of sp³-hybridized carbons (Fsp3) is 0.294. The molecule has 0 aromatic heterocycles. The highest BCUT2D eigenvalue weighted by molar-refractivity contribution is 5.40. The molecule has 0 spiro atoms. The molecule has 0 heterocycles. The molecule has 0 saturated heterocycles. The third-order valence-corrected chi connectivity index (χ3v) is 3.18. The van der Waals surface area contributed by atoms with E-state index in [1.807, 2.05) is 43.3 Å². The highest BCUT2D eigenvalue weighted by Crippen LogP contribution is 2.29. The van der Waals surface area contributed by atoms with Gasteiger partial charge in [-0.05, 0) is 36.6 Å². The Balaban J connectivity index is 2.21. The smallest absolute Gasteiger partial charge is 0.132 e. The Morgan fingerprint density at radius 2 is 1.53 bits per heavy atom. The van der Waals surface area contributed by atoms with Gasteiger partial charge in [0.2, 0.25) is 0 Å². The summed E-state index contributed by atoms with van der Waals surface area (Å²) in [4.78, 5) is 0. The minimum atomic E-state index is -0.0360. The summed E-state index contributed by atoms with van der Waals surface area (Å²) in [6.07, 6.45) is 0. The maximum atomic E-state index is 5.95. The number of nitrogens with two attached hydrogens (primary N) is 1. The molecule has 0 saturated carbocycles. The van der Waals surface area contributed by atoms with E-state index >= 15 is 0 Å². The minimum absolute atomic E-state index is 0.0360. The van der Waals surface area contributed by atoms with Gasteiger partial charge in [-0.1, -0.05) is 44.2 Å². The molecule has 0 radical (unpaired) electrons. The lowest BCUT2D eigenvalue weighted by Crippen LogP contribution is -2.06. The zero-order valence-electron chi connectivity index (χ0n) is 11.8. The van der Waals surface area contributed by atoms with Gasteiger partial charge in [0.15, 0.2) is 0 Å². The second kappa shape index (κ2) is 5.89. The molecule has 0 bridgehead atoms. The maximum Gasteiger partial charge on any atom is 0.132 e. The first-order valence-corrected chi connectivity index (χ1v) is 6.70. The fourth-order valence-electron chi connectivity index (χ4n) is 2.00. The van der Waals surface area contributed by atoms with Crippen molar-refractivity contribution in [1.29, 1.82) is 0 Å². The summed E-state index contributed by atoms with van der Waals surface area (Å²) in [6.45, 7) is 6.33. The van der Waals surface area contributed by atoms with Crippen LogP contribution in [0.25, 0.3) is 0 Å². The van der Waals surface area contributed by atoms with Crippen LogP contribution in [0.5, 0.6) is 11.5 Å². The second-order valence-corrected chi connectivity index (χ2v) is 5.15. The molecule has 0 fully saturated rings. The first-order chi connectivity index (χ1) is 9.08. The summed E-state index contributed by atoms with van der Waals surface area (Å²) in [5, 5.41) is 0. The van der Waals surface area contributed by atoms with Gasteiger partial charge in [-0.2, -0.15) is 0 Å². The summed E-state index contributed by atoms with van der Waals surface area (Å²) in [5.41, 5.74) is 8.29. The standard InChI is InChI=1S/C17H21NO/c1-12(2)14-8-10-15(11-9-14)19-17-7-5-4-6-16(17)13(3)18/h4-13H,18H2,1-3H3. The van der Waals surface area contributed by atoms with Crippen molar-refractivity contribution in [3.05, 3.63) is 59.7 Å².